The molecule has 0 amide bonds. The lowest BCUT2D eigenvalue weighted by Crippen LogP contribution is -2.09. The molecular weight excluding hydrogens is 436 g/mol. The fourth-order valence-electron chi connectivity index (χ4n) is 3.81. The SMILES string of the molecule is Cc1cccc(C(=O)Oc2ccc(C(C)c3ccc(OC(=O)c4ccc(C)c(C)c4)cc3)cc2)c1. The van der Waals surface area contributed by atoms with Gasteiger partial charge in [-0.15, -0.1) is 0 Å². The Morgan fingerprint density at radius 2 is 1.11 bits per heavy atom. The molecule has 4 aromatic carbocycles. The topological polar surface area (TPSA) is 52.6 Å². The summed E-state index contributed by atoms with van der Waals surface area (Å²) in [6, 6.07) is 27.9. The van der Waals surface area contributed by atoms with Gasteiger partial charge in [-0.25, -0.2) is 9.59 Å². The third-order valence-corrected chi connectivity index (χ3v) is 6.18. The van der Waals surface area contributed by atoms with Gasteiger partial charge in [-0.1, -0.05) is 55.0 Å². The average Bonchev–Trinajstić information content (AvgIpc) is 2.86. The highest BCUT2D eigenvalue weighted by atomic mass is 16.5. The van der Waals surface area contributed by atoms with Gasteiger partial charge in [0.25, 0.3) is 0 Å². The molecule has 35 heavy (non-hydrogen) atoms. The minimum atomic E-state index is -0.375. The van der Waals surface area contributed by atoms with E-state index in [0.717, 1.165) is 27.8 Å². The predicted molar refractivity (Wildman–Crippen MR) is 137 cm³/mol. The van der Waals surface area contributed by atoms with Crippen molar-refractivity contribution in [3.63, 3.8) is 0 Å². The third kappa shape index (κ3) is 5.85. The highest BCUT2D eigenvalue weighted by molar-refractivity contribution is 5.91. The van der Waals surface area contributed by atoms with Gasteiger partial charge in [0.15, 0.2) is 0 Å². The molecule has 0 aliphatic heterocycles. The first-order valence-electron chi connectivity index (χ1n) is 11.6. The Morgan fingerprint density at radius 1 is 0.600 bits per heavy atom. The van der Waals surface area contributed by atoms with Crippen LogP contribution >= 0.6 is 0 Å². The lowest BCUT2D eigenvalue weighted by molar-refractivity contribution is 0.0725. The zero-order valence-electron chi connectivity index (χ0n) is 20.4. The van der Waals surface area contributed by atoms with Crippen LogP contribution in [0.1, 0.15) is 61.4 Å². The molecule has 0 heterocycles. The number of aryl methyl sites for hydroxylation is 3. The summed E-state index contributed by atoms with van der Waals surface area (Å²) in [7, 11) is 0. The van der Waals surface area contributed by atoms with Crippen molar-refractivity contribution in [2.75, 3.05) is 0 Å². The van der Waals surface area contributed by atoms with E-state index in [0.29, 0.717) is 22.6 Å². The van der Waals surface area contributed by atoms with E-state index in [9.17, 15) is 9.59 Å². The molecular formula is C31H28O4. The molecule has 0 fully saturated rings. The van der Waals surface area contributed by atoms with E-state index in [1.807, 2.05) is 87.5 Å². The van der Waals surface area contributed by atoms with E-state index in [-0.39, 0.29) is 17.9 Å². The molecule has 0 N–H and O–H groups in total. The number of hydrogen-bond donors (Lipinski definition) is 0. The van der Waals surface area contributed by atoms with E-state index in [1.165, 1.54) is 0 Å². The summed E-state index contributed by atoms with van der Waals surface area (Å²) in [6.45, 7) is 8.02. The molecule has 0 saturated carbocycles. The van der Waals surface area contributed by atoms with Crippen molar-refractivity contribution in [1.82, 2.24) is 0 Å². The number of esters is 2. The van der Waals surface area contributed by atoms with Gasteiger partial charge in [-0.05, 0) is 91.6 Å². The fraction of sp³-hybridized carbons (Fsp3) is 0.161. The van der Waals surface area contributed by atoms with Crippen LogP contribution in [0, 0.1) is 20.8 Å². The quantitative estimate of drug-likeness (QED) is 0.224. The Kier molecular flexibility index (Phi) is 7.11. The zero-order chi connectivity index (χ0) is 24.9. The number of carbonyl (C=O) groups excluding carboxylic acids is 2. The highest BCUT2D eigenvalue weighted by Crippen LogP contribution is 2.28. The van der Waals surface area contributed by atoms with Crippen molar-refractivity contribution in [2.45, 2.75) is 33.6 Å². The molecule has 0 aromatic heterocycles. The van der Waals surface area contributed by atoms with E-state index < -0.39 is 0 Å². The summed E-state index contributed by atoms with van der Waals surface area (Å²) in [6.07, 6.45) is 0. The molecule has 0 saturated heterocycles. The summed E-state index contributed by atoms with van der Waals surface area (Å²) < 4.78 is 11.1. The Morgan fingerprint density at radius 3 is 1.60 bits per heavy atom. The average molecular weight is 465 g/mol. The first-order valence-corrected chi connectivity index (χ1v) is 11.6. The van der Waals surface area contributed by atoms with Crippen LogP contribution in [0.3, 0.4) is 0 Å². The second-order valence-electron chi connectivity index (χ2n) is 8.81. The van der Waals surface area contributed by atoms with Crippen LogP contribution in [0.2, 0.25) is 0 Å². The Balaban J connectivity index is 1.39. The van der Waals surface area contributed by atoms with E-state index in [2.05, 4.69) is 6.92 Å². The number of rotatable bonds is 6. The molecule has 1 unspecified atom stereocenters. The van der Waals surface area contributed by atoms with Crippen LogP contribution in [0.5, 0.6) is 11.5 Å². The summed E-state index contributed by atoms with van der Waals surface area (Å²) in [5.41, 5.74) is 6.43. The number of carbonyl (C=O) groups is 2. The molecule has 0 aliphatic rings. The molecule has 0 spiro atoms. The van der Waals surface area contributed by atoms with Gasteiger partial charge in [-0.3, -0.25) is 0 Å². The van der Waals surface area contributed by atoms with Crippen molar-refractivity contribution in [3.05, 3.63) is 130 Å². The molecule has 4 rings (SSSR count). The first-order chi connectivity index (χ1) is 16.8. The Hall–Kier alpha value is -4.18. The van der Waals surface area contributed by atoms with Crippen LogP contribution in [0.4, 0.5) is 0 Å². The van der Waals surface area contributed by atoms with Crippen LogP contribution in [0.15, 0.2) is 91.0 Å². The van der Waals surface area contributed by atoms with Gasteiger partial charge in [0.1, 0.15) is 11.5 Å². The minimum Gasteiger partial charge on any atom is -0.423 e. The van der Waals surface area contributed by atoms with Gasteiger partial charge < -0.3 is 9.47 Å². The van der Waals surface area contributed by atoms with Crippen molar-refractivity contribution >= 4 is 11.9 Å². The summed E-state index contributed by atoms with van der Waals surface area (Å²) in [4.78, 5) is 24.9. The lowest BCUT2D eigenvalue weighted by atomic mass is 9.93. The van der Waals surface area contributed by atoms with Crippen LogP contribution in [-0.2, 0) is 0 Å². The molecule has 4 aromatic rings. The fourth-order valence-corrected chi connectivity index (χ4v) is 3.81. The van der Waals surface area contributed by atoms with E-state index in [4.69, 9.17) is 9.47 Å². The lowest BCUT2D eigenvalue weighted by Gasteiger charge is -2.14. The van der Waals surface area contributed by atoms with Crippen LogP contribution < -0.4 is 9.47 Å². The third-order valence-electron chi connectivity index (χ3n) is 6.18. The second-order valence-corrected chi connectivity index (χ2v) is 8.81. The Bertz CT molecular complexity index is 1350. The van der Waals surface area contributed by atoms with Crippen molar-refractivity contribution in [3.8, 4) is 11.5 Å². The normalized spacial score (nSPS) is 11.5. The molecule has 4 nitrogen and oxygen atoms in total. The molecule has 176 valence electrons. The van der Waals surface area contributed by atoms with Crippen LogP contribution in [0.25, 0.3) is 0 Å². The number of hydrogen-bond acceptors (Lipinski definition) is 4. The van der Waals surface area contributed by atoms with E-state index in [1.54, 1.807) is 24.3 Å². The minimum absolute atomic E-state index is 0.112. The maximum atomic E-state index is 12.5. The van der Waals surface area contributed by atoms with Crippen LogP contribution in [-0.4, -0.2) is 11.9 Å². The Labute approximate surface area is 206 Å². The number of ether oxygens (including phenoxy) is 2. The largest absolute Gasteiger partial charge is 0.423 e. The van der Waals surface area contributed by atoms with Gasteiger partial charge in [0.05, 0.1) is 11.1 Å². The zero-order valence-corrected chi connectivity index (χ0v) is 20.4. The van der Waals surface area contributed by atoms with Crippen molar-refractivity contribution < 1.29 is 19.1 Å². The van der Waals surface area contributed by atoms with Gasteiger partial charge >= 0.3 is 11.9 Å². The summed E-state index contributed by atoms with van der Waals surface area (Å²) in [5, 5.41) is 0. The van der Waals surface area contributed by atoms with E-state index >= 15 is 0 Å². The summed E-state index contributed by atoms with van der Waals surface area (Å²) >= 11 is 0. The molecule has 0 aliphatic carbocycles. The van der Waals surface area contributed by atoms with Gasteiger partial charge in [0.2, 0.25) is 0 Å². The highest BCUT2D eigenvalue weighted by Gasteiger charge is 2.13. The monoisotopic (exact) mass is 464 g/mol. The number of benzene rings is 4. The molecule has 4 heteroatoms. The molecule has 0 radical (unpaired) electrons. The maximum Gasteiger partial charge on any atom is 0.343 e. The summed E-state index contributed by atoms with van der Waals surface area (Å²) in [5.74, 6) is 0.370. The van der Waals surface area contributed by atoms with Crippen molar-refractivity contribution in [2.24, 2.45) is 0 Å². The van der Waals surface area contributed by atoms with Gasteiger partial charge in [-0.2, -0.15) is 0 Å². The maximum absolute atomic E-state index is 12.5. The van der Waals surface area contributed by atoms with Crippen molar-refractivity contribution in [1.29, 1.82) is 0 Å². The standard InChI is InChI=1S/C31H28O4/c1-20-6-5-7-26(18-20)30(32)34-28-14-10-24(11-15-28)23(4)25-12-16-29(17-13-25)35-31(33)27-9-8-21(2)22(3)19-27/h5-19,23H,1-4H3. The molecule has 1 atom stereocenters. The first kappa shape index (κ1) is 24.0. The van der Waals surface area contributed by atoms with Gasteiger partial charge in [0, 0.05) is 5.92 Å². The second kappa shape index (κ2) is 10.4. The predicted octanol–water partition coefficient (Wildman–Crippen LogP) is 7.20. The molecule has 0 bridgehead atoms. The smallest absolute Gasteiger partial charge is 0.343 e.